The van der Waals surface area contributed by atoms with Crippen LogP contribution in [0.4, 0.5) is 11.5 Å². The molecule has 1 aromatic heterocycles. The molecule has 0 aliphatic rings. The molecule has 0 fully saturated rings. The van der Waals surface area contributed by atoms with Crippen molar-refractivity contribution in [1.82, 2.24) is 4.98 Å². The number of pyridine rings is 1. The van der Waals surface area contributed by atoms with E-state index in [-0.39, 0.29) is 5.82 Å². The maximum atomic E-state index is 11.4. The van der Waals surface area contributed by atoms with Gasteiger partial charge in [0.2, 0.25) is 10.0 Å². The van der Waals surface area contributed by atoms with E-state index in [2.05, 4.69) is 9.71 Å². The van der Waals surface area contributed by atoms with Gasteiger partial charge in [0.1, 0.15) is 5.82 Å². The summed E-state index contributed by atoms with van der Waals surface area (Å²) in [5.74, 6) is 0.285. The molecular weight excluding hydrogens is 202 g/mol. The van der Waals surface area contributed by atoms with Crippen molar-refractivity contribution >= 4 is 21.5 Å². The molecule has 0 saturated carbocycles. The number of nitrogens with one attached hydrogen (secondary N) is 1. The van der Waals surface area contributed by atoms with Crippen molar-refractivity contribution in [2.75, 3.05) is 10.5 Å². The highest BCUT2D eigenvalue weighted by Crippen LogP contribution is 2.10. The Balaban J connectivity index is 2.85. The second-order valence-corrected chi connectivity index (χ2v) is 5.41. The molecule has 0 aliphatic carbocycles. The fourth-order valence-electron chi connectivity index (χ4n) is 0.729. The molecule has 0 amide bonds. The first-order valence-corrected chi connectivity index (χ1v) is 5.69. The normalized spacial score (nSPS) is 11.6. The fourth-order valence-corrected chi connectivity index (χ4v) is 1.38. The van der Waals surface area contributed by atoms with Gasteiger partial charge in [-0.25, -0.2) is 13.4 Å². The zero-order chi connectivity index (χ0) is 10.8. The Morgan fingerprint density at radius 3 is 2.50 bits per heavy atom. The lowest BCUT2D eigenvalue weighted by molar-refractivity contribution is 0.592. The predicted octanol–water partition coefficient (Wildman–Crippen LogP) is 0.814. The highest BCUT2D eigenvalue weighted by molar-refractivity contribution is 7.93. The standard InChI is InChI=1S/C8H13N3O2S/c1-6(2)14(12,13)11-8-4-3-7(9)5-10-8/h3-6H,9H2,1-2H3,(H,10,11). The Morgan fingerprint density at radius 2 is 2.07 bits per heavy atom. The van der Waals surface area contributed by atoms with Crippen molar-refractivity contribution < 1.29 is 8.42 Å². The van der Waals surface area contributed by atoms with E-state index in [0.29, 0.717) is 5.69 Å². The van der Waals surface area contributed by atoms with Crippen molar-refractivity contribution in [2.24, 2.45) is 0 Å². The van der Waals surface area contributed by atoms with Crippen molar-refractivity contribution in [3.8, 4) is 0 Å². The third kappa shape index (κ3) is 2.59. The molecule has 0 aromatic carbocycles. The summed E-state index contributed by atoms with van der Waals surface area (Å²) in [5.41, 5.74) is 5.91. The largest absolute Gasteiger partial charge is 0.397 e. The number of nitrogens with two attached hydrogens (primary N) is 1. The zero-order valence-electron chi connectivity index (χ0n) is 8.06. The number of nitrogens with zero attached hydrogens (tertiary/aromatic N) is 1. The van der Waals surface area contributed by atoms with Gasteiger partial charge in [-0.1, -0.05) is 0 Å². The third-order valence-corrected chi connectivity index (χ3v) is 3.39. The van der Waals surface area contributed by atoms with Crippen LogP contribution in [0.1, 0.15) is 13.8 Å². The Morgan fingerprint density at radius 1 is 1.43 bits per heavy atom. The minimum atomic E-state index is -3.32. The maximum absolute atomic E-state index is 11.4. The molecule has 78 valence electrons. The highest BCUT2D eigenvalue weighted by atomic mass is 32.2. The molecule has 0 radical (unpaired) electrons. The van der Waals surface area contributed by atoms with Crippen molar-refractivity contribution in [3.05, 3.63) is 18.3 Å². The number of anilines is 2. The molecule has 0 unspecified atom stereocenters. The first-order chi connectivity index (χ1) is 6.42. The average molecular weight is 215 g/mol. The number of rotatable bonds is 3. The van der Waals surface area contributed by atoms with E-state index in [4.69, 9.17) is 5.73 Å². The van der Waals surface area contributed by atoms with Gasteiger partial charge >= 0.3 is 0 Å². The summed E-state index contributed by atoms with van der Waals surface area (Å²) in [4.78, 5) is 3.83. The highest BCUT2D eigenvalue weighted by Gasteiger charge is 2.15. The Hall–Kier alpha value is -1.30. The van der Waals surface area contributed by atoms with Crippen LogP contribution in [-0.4, -0.2) is 18.7 Å². The van der Waals surface area contributed by atoms with Crippen molar-refractivity contribution in [1.29, 1.82) is 0 Å². The van der Waals surface area contributed by atoms with E-state index >= 15 is 0 Å². The monoisotopic (exact) mass is 215 g/mol. The number of sulfonamides is 1. The summed E-state index contributed by atoms with van der Waals surface area (Å²) in [7, 11) is -3.32. The molecule has 0 bridgehead atoms. The Bertz CT molecular complexity index is 397. The lowest BCUT2D eigenvalue weighted by Crippen LogP contribution is -2.22. The summed E-state index contributed by atoms with van der Waals surface area (Å²) < 4.78 is 25.2. The van der Waals surface area contributed by atoms with Crippen LogP contribution in [0, 0.1) is 0 Å². The molecule has 1 aromatic rings. The van der Waals surface area contributed by atoms with Crippen LogP contribution in [0.15, 0.2) is 18.3 Å². The minimum Gasteiger partial charge on any atom is -0.397 e. The topological polar surface area (TPSA) is 85.1 Å². The maximum Gasteiger partial charge on any atom is 0.236 e. The summed E-state index contributed by atoms with van der Waals surface area (Å²) in [6, 6.07) is 3.11. The fraction of sp³-hybridized carbons (Fsp3) is 0.375. The SMILES string of the molecule is CC(C)S(=O)(=O)Nc1ccc(N)cn1. The molecule has 0 spiro atoms. The van der Waals surface area contributed by atoms with Crippen LogP contribution in [0.3, 0.4) is 0 Å². The van der Waals surface area contributed by atoms with Gasteiger partial charge in [-0.3, -0.25) is 4.72 Å². The van der Waals surface area contributed by atoms with E-state index < -0.39 is 15.3 Å². The van der Waals surface area contributed by atoms with E-state index in [1.807, 2.05) is 0 Å². The predicted molar refractivity (Wildman–Crippen MR) is 56.3 cm³/mol. The van der Waals surface area contributed by atoms with Crippen LogP contribution in [0.2, 0.25) is 0 Å². The molecule has 1 heterocycles. The van der Waals surface area contributed by atoms with Gasteiger partial charge in [-0.15, -0.1) is 0 Å². The zero-order valence-corrected chi connectivity index (χ0v) is 8.88. The average Bonchev–Trinajstić information content (AvgIpc) is 2.08. The second-order valence-electron chi connectivity index (χ2n) is 3.17. The van der Waals surface area contributed by atoms with Crippen LogP contribution in [0.25, 0.3) is 0 Å². The molecule has 1 rings (SSSR count). The molecule has 0 atom stereocenters. The van der Waals surface area contributed by atoms with Crippen LogP contribution in [0.5, 0.6) is 0 Å². The van der Waals surface area contributed by atoms with E-state index in [0.717, 1.165) is 0 Å². The minimum absolute atomic E-state index is 0.285. The van der Waals surface area contributed by atoms with Crippen molar-refractivity contribution in [3.63, 3.8) is 0 Å². The van der Waals surface area contributed by atoms with Crippen LogP contribution in [-0.2, 0) is 10.0 Å². The van der Waals surface area contributed by atoms with Gasteiger partial charge in [0.25, 0.3) is 0 Å². The van der Waals surface area contributed by atoms with Gasteiger partial charge in [-0.2, -0.15) is 0 Å². The van der Waals surface area contributed by atoms with Crippen LogP contribution >= 0.6 is 0 Å². The Labute approximate surface area is 83.4 Å². The number of hydrogen-bond acceptors (Lipinski definition) is 4. The van der Waals surface area contributed by atoms with Gasteiger partial charge < -0.3 is 5.73 Å². The number of aromatic nitrogens is 1. The third-order valence-electron chi connectivity index (χ3n) is 1.65. The molecule has 5 nitrogen and oxygen atoms in total. The Kier molecular flexibility index (Phi) is 2.95. The lowest BCUT2D eigenvalue weighted by atomic mass is 10.4. The molecular formula is C8H13N3O2S. The van der Waals surface area contributed by atoms with Crippen molar-refractivity contribution in [2.45, 2.75) is 19.1 Å². The second kappa shape index (κ2) is 3.83. The number of nitrogen functional groups attached to an aromatic ring is 1. The summed E-state index contributed by atoms with van der Waals surface area (Å²) >= 11 is 0. The first-order valence-electron chi connectivity index (χ1n) is 4.15. The quantitative estimate of drug-likeness (QED) is 0.781. The van der Waals surface area contributed by atoms with Gasteiger partial charge in [0, 0.05) is 0 Å². The molecule has 0 aliphatic heterocycles. The molecule has 0 saturated heterocycles. The summed E-state index contributed by atoms with van der Waals surface area (Å²) in [6.45, 7) is 3.19. The van der Waals surface area contributed by atoms with Gasteiger partial charge in [0.05, 0.1) is 17.1 Å². The van der Waals surface area contributed by atoms with E-state index in [1.54, 1.807) is 19.9 Å². The smallest absolute Gasteiger partial charge is 0.236 e. The van der Waals surface area contributed by atoms with E-state index in [1.165, 1.54) is 12.3 Å². The van der Waals surface area contributed by atoms with Crippen LogP contribution < -0.4 is 10.5 Å². The van der Waals surface area contributed by atoms with Gasteiger partial charge in [-0.05, 0) is 26.0 Å². The molecule has 3 N–H and O–H groups in total. The number of hydrogen-bond donors (Lipinski definition) is 2. The lowest BCUT2D eigenvalue weighted by Gasteiger charge is -2.09. The van der Waals surface area contributed by atoms with E-state index in [9.17, 15) is 8.42 Å². The summed E-state index contributed by atoms with van der Waals surface area (Å²) in [5, 5.41) is -0.484. The molecule has 6 heteroatoms. The first kappa shape index (κ1) is 10.8. The molecule has 14 heavy (non-hydrogen) atoms. The summed E-state index contributed by atoms with van der Waals surface area (Å²) in [6.07, 6.45) is 1.40. The van der Waals surface area contributed by atoms with Gasteiger partial charge in [0.15, 0.2) is 0 Å².